The van der Waals surface area contributed by atoms with Gasteiger partial charge in [-0.3, -0.25) is 4.79 Å². The minimum absolute atomic E-state index is 0.199. The van der Waals surface area contributed by atoms with Gasteiger partial charge in [0, 0.05) is 18.7 Å². The zero-order chi connectivity index (χ0) is 14.9. The van der Waals surface area contributed by atoms with Gasteiger partial charge in [-0.15, -0.1) is 0 Å². The highest BCUT2D eigenvalue weighted by molar-refractivity contribution is 7.92. The van der Waals surface area contributed by atoms with Gasteiger partial charge in [0.15, 0.2) is 9.84 Å². The van der Waals surface area contributed by atoms with Crippen molar-refractivity contribution in [2.24, 2.45) is 0 Å². The number of rotatable bonds is 4. The van der Waals surface area contributed by atoms with Crippen LogP contribution in [-0.2, 0) is 20.4 Å². The maximum Gasteiger partial charge on any atom is 0.240 e. The molecule has 1 atom stereocenters. The molecule has 0 aliphatic carbocycles. The fourth-order valence-electron chi connectivity index (χ4n) is 2.38. The molecule has 1 saturated heterocycles. The summed E-state index contributed by atoms with van der Waals surface area (Å²) >= 11 is 0. The summed E-state index contributed by atoms with van der Waals surface area (Å²) in [5.41, 5.74) is 1.12. The SMILES string of the molecule is Cc1noc(C)c1CS(=O)(=O)[C@H](C)C(=O)N1CCCC1. The van der Waals surface area contributed by atoms with Crippen molar-refractivity contribution >= 4 is 15.7 Å². The van der Waals surface area contributed by atoms with Crippen molar-refractivity contribution in [3.63, 3.8) is 0 Å². The highest BCUT2D eigenvalue weighted by atomic mass is 32.2. The summed E-state index contributed by atoms with van der Waals surface area (Å²) in [6.07, 6.45) is 1.89. The van der Waals surface area contributed by atoms with Gasteiger partial charge in [-0.2, -0.15) is 0 Å². The number of aryl methyl sites for hydroxylation is 2. The number of hydrogen-bond acceptors (Lipinski definition) is 5. The van der Waals surface area contributed by atoms with Gasteiger partial charge < -0.3 is 9.42 Å². The predicted molar refractivity (Wildman–Crippen MR) is 73.9 cm³/mol. The number of aromatic nitrogens is 1. The molecule has 0 N–H and O–H groups in total. The molecular formula is C13H20N2O4S. The fourth-order valence-corrected chi connectivity index (χ4v) is 3.90. The molecule has 1 aromatic rings. The lowest BCUT2D eigenvalue weighted by atomic mass is 10.2. The smallest absolute Gasteiger partial charge is 0.240 e. The number of carbonyl (C=O) groups is 1. The molecule has 0 saturated carbocycles. The molecule has 0 unspecified atom stereocenters. The van der Waals surface area contributed by atoms with Crippen LogP contribution < -0.4 is 0 Å². The Morgan fingerprint density at radius 3 is 2.45 bits per heavy atom. The second-order valence-corrected chi connectivity index (χ2v) is 7.61. The van der Waals surface area contributed by atoms with Gasteiger partial charge in [0.05, 0.1) is 11.4 Å². The van der Waals surface area contributed by atoms with Crippen molar-refractivity contribution in [3.05, 3.63) is 17.0 Å². The van der Waals surface area contributed by atoms with E-state index in [4.69, 9.17) is 4.52 Å². The van der Waals surface area contributed by atoms with E-state index < -0.39 is 15.1 Å². The molecule has 1 aliphatic heterocycles. The highest BCUT2D eigenvalue weighted by Crippen LogP contribution is 2.20. The summed E-state index contributed by atoms with van der Waals surface area (Å²) in [5, 5.41) is 2.73. The molecule has 0 aromatic carbocycles. The van der Waals surface area contributed by atoms with E-state index in [1.54, 1.807) is 18.7 Å². The average molecular weight is 300 g/mol. The van der Waals surface area contributed by atoms with Crippen molar-refractivity contribution in [2.45, 2.75) is 44.6 Å². The lowest BCUT2D eigenvalue weighted by Gasteiger charge is -2.20. The second kappa shape index (κ2) is 5.55. The van der Waals surface area contributed by atoms with Crippen LogP contribution in [0.2, 0.25) is 0 Å². The highest BCUT2D eigenvalue weighted by Gasteiger charge is 2.34. The monoisotopic (exact) mass is 300 g/mol. The zero-order valence-corrected chi connectivity index (χ0v) is 12.9. The first kappa shape index (κ1) is 15.0. The van der Waals surface area contributed by atoms with Crippen molar-refractivity contribution < 1.29 is 17.7 Å². The molecule has 6 nitrogen and oxygen atoms in total. The minimum Gasteiger partial charge on any atom is -0.361 e. The minimum atomic E-state index is -3.56. The Kier molecular flexibility index (Phi) is 4.17. The molecule has 2 rings (SSSR count). The Bertz CT molecular complexity index is 580. The van der Waals surface area contributed by atoms with Gasteiger partial charge in [0.25, 0.3) is 0 Å². The van der Waals surface area contributed by atoms with Crippen LogP contribution in [0.1, 0.15) is 36.8 Å². The summed E-state index contributed by atoms with van der Waals surface area (Å²) in [5.74, 6) is -0.00398. The van der Waals surface area contributed by atoms with E-state index in [9.17, 15) is 13.2 Å². The van der Waals surface area contributed by atoms with Crippen LogP contribution in [0.5, 0.6) is 0 Å². The van der Waals surface area contributed by atoms with Crippen LogP contribution >= 0.6 is 0 Å². The largest absolute Gasteiger partial charge is 0.361 e. The van der Waals surface area contributed by atoms with Crippen LogP contribution in [0, 0.1) is 13.8 Å². The molecule has 1 amide bonds. The Morgan fingerprint density at radius 1 is 1.35 bits per heavy atom. The summed E-state index contributed by atoms with van der Waals surface area (Å²) in [6, 6.07) is 0. The fraction of sp³-hybridized carbons (Fsp3) is 0.692. The first-order valence-corrected chi connectivity index (χ1v) is 8.46. The van der Waals surface area contributed by atoms with Gasteiger partial charge in [0.2, 0.25) is 5.91 Å². The number of likely N-dealkylation sites (tertiary alicyclic amines) is 1. The average Bonchev–Trinajstić information content (AvgIpc) is 3.02. The quantitative estimate of drug-likeness (QED) is 0.835. The predicted octanol–water partition coefficient (Wildman–Crippen LogP) is 1.22. The third kappa shape index (κ3) is 2.87. The molecule has 112 valence electrons. The number of hydrogen-bond donors (Lipinski definition) is 0. The third-order valence-electron chi connectivity index (χ3n) is 3.83. The molecule has 0 radical (unpaired) electrons. The van der Waals surface area contributed by atoms with Crippen LogP contribution in [0.15, 0.2) is 4.52 Å². The number of amides is 1. The Balaban J connectivity index is 2.15. The molecule has 0 bridgehead atoms. The summed E-state index contributed by atoms with van der Waals surface area (Å²) < 4.78 is 29.7. The third-order valence-corrected chi connectivity index (χ3v) is 5.80. The molecule has 1 fully saturated rings. The van der Waals surface area contributed by atoms with Gasteiger partial charge >= 0.3 is 0 Å². The van der Waals surface area contributed by atoms with E-state index in [1.165, 1.54) is 6.92 Å². The summed E-state index contributed by atoms with van der Waals surface area (Å²) in [4.78, 5) is 13.8. The van der Waals surface area contributed by atoms with E-state index in [0.717, 1.165) is 12.8 Å². The topological polar surface area (TPSA) is 80.5 Å². The van der Waals surface area contributed by atoms with Crippen LogP contribution in [0.3, 0.4) is 0 Å². The maximum absolute atomic E-state index is 12.4. The van der Waals surface area contributed by atoms with Crippen molar-refractivity contribution in [3.8, 4) is 0 Å². The molecule has 7 heteroatoms. The molecule has 20 heavy (non-hydrogen) atoms. The number of carbonyl (C=O) groups excluding carboxylic acids is 1. The number of nitrogens with zero attached hydrogens (tertiary/aromatic N) is 2. The summed E-state index contributed by atoms with van der Waals surface area (Å²) in [7, 11) is -3.56. The van der Waals surface area contributed by atoms with Gasteiger partial charge in [-0.1, -0.05) is 5.16 Å². The van der Waals surface area contributed by atoms with Crippen LogP contribution in [0.4, 0.5) is 0 Å². The number of sulfone groups is 1. The zero-order valence-electron chi connectivity index (χ0n) is 12.0. The van der Waals surface area contributed by atoms with Gasteiger partial charge in [-0.05, 0) is 33.6 Å². The molecule has 0 spiro atoms. The van der Waals surface area contributed by atoms with E-state index in [1.807, 2.05) is 0 Å². The van der Waals surface area contributed by atoms with Crippen molar-refractivity contribution in [1.82, 2.24) is 10.1 Å². The first-order valence-electron chi connectivity index (χ1n) is 6.75. The Morgan fingerprint density at radius 2 is 1.95 bits per heavy atom. The van der Waals surface area contributed by atoms with E-state index >= 15 is 0 Å². The molecule has 1 aliphatic rings. The van der Waals surface area contributed by atoms with Crippen LogP contribution in [-0.4, -0.2) is 42.7 Å². The Hall–Kier alpha value is -1.37. The van der Waals surface area contributed by atoms with E-state index in [2.05, 4.69) is 5.16 Å². The molecular weight excluding hydrogens is 280 g/mol. The Labute approximate surface area is 119 Å². The standard InChI is InChI=1S/C13H20N2O4S/c1-9-12(10(2)19-14-9)8-20(17,18)11(3)13(16)15-6-4-5-7-15/h11H,4-8H2,1-3H3/t11-/m1/s1. The van der Waals surface area contributed by atoms with Gasteiger partial charge in [0.1, 0.15) is 11.0 Å². The normalized spacial score (nSPS) is 17.4. The molecule has 1 aromatic heterocycles. The molecule has 2 heterocycles. The van der Waals surface area contributed by atoms with Crippen molar-refractivity contribution in [1.29, 1.82) is 0 Å². The lowest BCUT2D eigenvalue weighted by Crippen LogP contribution is -2.40. The maximum atomic E-state index is 12.4. The first-order chi connectivity index (χ1) is 9.33. The van der Waals surface area contributed by atoms with Crippen molar-refractivity contribution in [2.75, 3.05) is 13.1 Å². The second-order valence-electron chi connectivity index (χ2n) is 5.28. The van der Waals surface area contributed by atoms with E-state index in [0.29, 0.717) is 30.1 Å². The van der Waals surface area contributed by atoms with E-state index in [-0.39, 0.29) is 11.7 Å². The summed E-state index contributed by atoms with van der Waals surface area (Å²) in [6.45, 7) is 6.16. The lowest BCUT2D eigenvalue weighted by molar-refractivity contribution is -0.129. The van der Waals surface area contributed by atoms with Gasteiger partial charge in [-0.25, -0.2) is 8.42 Å². The van der Waals surface area contributed by atoms with Crippen LogP contribution in [0.25, 0.3) is 0 Å².